The maximum absolute atomic E-state index is 12.5. The number of fused-ring (bicyclic) bond motifs is 1. The van der Waals surface area contributed by atoms with Crippen molar-refractivity contribution in [1.82, 2.24) is 14.9 Å². The molecule has 0 fully saturated rings. The predicted molar refractivity (Wildman–Crippen MR) is 75.9 cm³/mol. The fourth-order valence-corrected chi connectivity index (χ4v) is 2.08. The maximum atomic E-state index is 12.5. The topological polar surface area (TPSA) is 72.1 Å². The molecule has 0 aliphatic carbocycles. The number of carbonyl (C=O) groups excluding carboxylic acids is 1. The van der Waals surface area contributed by atoms with Crippen LogP contribution in [0.4, 0.5) is 5.95 Å². The number of hydrogen-bond acceptors (Lipinski definition) is 4. The first kappa shape index (κ1) is 13.3. The van der Waals surface area contributed by atoms with Gasteiger partial charge in [-0.2, -0.15) is 0 Å². The quantitative estimate of drug-likeness (QED) is 0.914. The van der Waals surface area contributed by atoms with E-state index >= 15 is 0 Å². The van der Waals surface area contributed by atoms with Gasteiger partial charge in [-0.05, 0) is 32.9 Å². The Kier molecular flexibility index (Phi) is 3.64. The van der Waals surface area contributed by atoms with E-state index in [1.54, 1.807) is 4.90 Å². The van der Waals surface area contributed by atoms with Crippen molar-refractivity contribution in [3.63, 3.8) is 0 Å². The molecule has 1 amide bonds. The number of carbonyl (C=O) groups is 1. The molecule has 0 bridgehead atoms. The summed E-state index contributed by atoms with van der Waals surface area (Å²) in [5, 5.41) is 0.756. The number of aromatic nitrogens is 2. The SMILES string of the molecule is CCN(CC)C(=O)c1nc(N)nc2ccc(C)cc12. The summed E-state index contributed by atoms with van der Waals surface area (Å²) in [5.74, 6) is 0.0292. The lowest BCUT2D eigenvalue weighted by Gasteiger charge is -2.19. The molecule has 0 saturated heterocycles. The molecule has 1 aromatic carbocycles. The van der Waals surface area contributed by atoms with Crippen molar-refractivity contribution in [2.45, 2.75) is 20.8 Å². The molecule has 0 spiro atoms. The van der Waals surface area contributed by atoms with E-state index in [1.807, 2.05) is 39.0 Å². The minimum atomic E-state index is -0.102. The zero-order valence-electron chi connectivity index (χ0n) is 11.5. The molecule has 2 N–H and O–H groups in total. The first-order valence-corrected chi connectivity index (χ1v) is 6.40. The molecule has 100 valence electrons. The standard InChI is InChI=1S/C14H18N4O/c1-4-18(5-2)13(19)12-10-8-9(3)6-7-11(10)16-14(15)17-12/h6-8H,4-5H2,1-3H3,(H2,15,16,17). The number of amides is 1. The molecule has 5 heteroatoms. The van der Waals surface area contributed by atoms with Gasteiger partial charge in [-0.15, -0.1) is 0 Å². The van der Waals surface area contributed by atoms with Gasteiger partial charge < -0.3 is 10.6 Å². The fraction of sp³-hybridized carbons (Fsp3) is 0.357. The van der Waals surface area contributed by atoms with E-state index in [-0.39, 0.29) is 11.9 Å². The van der Waals surface area contributed by atoms with E-state index in [0.717, 1.165) is 10.9 Å². The third kappa shape index (κ3) is 2.50. The summed E-state index contributed by atoms with van der Waals surface area (Å²) in [6.45, 7) is 7.15. The number of aryl methyl sites for hydroxylation is 1. The number of benzene rings is 1. The monoisotopic (exact) mass is 258 g/mol. The smallest absolute Gasteiger partial charge is 0.273 e. The Morgan fingerprint density at radius 1 is 1.26 bits per heavy atom. The summed E-state index contributed by atoms with van der Waals surface area (Å²) in [5.41, 5.74) is 7.84. The number of nitrogens with zero attached hydrogens (tertiary/aromatic N) is 3. The van der Waals surface area contributed by atoms with Crippen LogP contribution in [0.15, 0.2) is 18.2 Å². The molecule has 0 aliphatic rings. The molecule has 0 radical (unpaired) electrons. The number of nitrogen functional groups attached to an aromatic ring is 1. The van der Waals surface area contributed by atoms with E-state index < -0.39 is 0 Å². The third-order valence-electron chi connectivity index (χ3n) is 3.12. The second-order valence-electron chi connectivity index (χ2n) is 4.43. The minimum absolute atomic E-state index is 0.102. The van der Waals surface area contributed by atoms with E-state index in [4.69, 9.17) is 5.73 Å². The average molecular weight is 258 g/mol. The van der Waals surface area contributed by atoms with Crippen LogP contribution in [0.5, 0.6) is 0 Å². The fourth-order valence-electron chi connectivity index (χ4n) is 2.08. The molecule has 0 aliphatic heterocycles. The van der Waals surface area contributed by atoms with Crippen LogP contribution in [0, 0.1) is 6.92 Å². The molecule has 19 heavy (non-hydrogen) atoms. The van der Waals surface area contributed by atoms with E-state index in [1.165, 1.54) is 0 Å². The zero-order valence-corrected chi connectivity index (χ0v) is 11.5. The summed E-state index contributed by atoms with van der Waals surface area (Å²) < 4.78 is 0. The lowest BCUT2D eigenvalue weighted by Crippen LogP contribution is -2.31. The van der Waals surface area contributed by atoms with Crippen molar-refractivity contribution >= 4 is 22.8 Å². The summed E-state index contributed by atoms with van der Waals surface area (Å²) in [6, 6.07) is 5.73. The Labute approximate surface area is 112 Å². The van der Waals surface area contributed by atoms with E-state index in [9.17, 15) is 4.79 Å². The first-order valence-electron chi connectivity index (χ1n) is 6.40. The van der Waals surface area contributed by atoms with Crippen molar-refractivity contribution in [3.05, 3.63) is 29.5 Å². The first-order chi connectivity index (χ1) is 9.06. The van der Waals surface area contributed by atoms with Gasteiger partial charge in [-0.3, -0.25) is 4.79 Å². The molecular formula is C14H18N4O. The van der Waals surface area contributed by atoms with Gasteiger partial charge >= 0.3 is 0 Å². The number of hydrogen-bond donors (Lipinski definition) is 1. The lowest BCUT2D eigenvalue weighted by molar-refractivity contribution is 0.0769. The van der Waals surface area contributed by atoms with Gasteiger partial charge in [-0.1, -0.05) is 11.6 Å². The highest BCUT2D eigenvalue weighted by molar-refractivity contribution is 6.04. The highest BCUT2D eigenvalue weighted by Gasteiger charge is 2.18. The van der Waals surface area contributed by atoms with Crippen molar-refractivity contribution in [1.29, 1.82) is 0 Å². The van der Waals surface area contributed by atoms with Crippen LogP contribution in [0.3, 0.4) is 0 Å². The molecule has 0 saturated carbocycles. The highest BCUT2D eigenvalue weighted by Crippen LogP contribution is 2.19. The largest absolute Gasteiger partial charge is 0.368 e. The Morgan fingerprint density at radius 2 is 1.95 bits per heavy atom. The molecule has 0 atom stereocenters. The van der Waals surface area contributed by atoms with Crippen LogP contribution in [0.2, 0.25) is 0 Å². The Bertz CT molecular complexity index is 620. The van der Waals surface area contributed by atoms with Crippen LogP contribution in [-0.2, 0) is 0 Å². The molecular weight excluding hydrogens is 240 g/mol. The normalized spacial score (nSPS) is 10.7. The second-order valence-corrected chi connectivity index (χ2v) is 4.43. The Morgan fingerprint density at radius 3 is 2.58 bits per heavy atom. The van der Waals surface area contributed by atoms with Crippen LogP contribution in [0.25, 0.3) is 10.9 Å². The molecule has 1 heterocycles. The van der Waals surface area contributed by atoms with Crippen molar-refractivity contribution < 1.29 is 4.79 Å². The number of rotatable bonds is 3. The summed E-state index contributed by atoms with van der Waals surface area (Å²) >= 11 is 0. The van der Waals surface area contributed by atoms with E-state index in [0.29, 0.717) is 24.3 Å². The van der Waals surface area contributed by atoms with Crippen molar-refractivity contribution in [2.24, 2.45) is 0 Å². The van der Waals surface area contributed by atoms with Crippen LogP contribution < -0.4 is 5.73 Å². The van der Waals surface area contributed by atoms with Gasteiger partial charge in [0.2, 0.25) is 5.95 Å². The Balaban J connectivity index is 2.64. The predicted octanol–water partition coefficient (Wildman–Crippen LogP) is 2.00. The van der Waals surface area contributed by atoms with Crippen molar-refractivity contribution in [3.8, 4) is 0 Å². The van der Waals surface area contributed by atoms with Gasteiger partial charge in [0, 0.05) is 18.5 Å². The van der Waals surface area contributed by atoms with Crippen LogP contribution in [-0.4, -0.2) is 33.9 Å². The number of anilines is 1. The van der Waals surface area contributed by atoms with Gasteiger partial charge in [0.15, 0.2) is 0 Å². The van der Waals surface area contributed by atoms with Crippen molar-refractivity contribution in [2.75, 3.05) is 18.8 Å². The minimum Gasteiger partial charge on any atom is -0.368 e. The third-order valence-corrected chi connectivity index (χ3v) is 3.12. The molecule has 2 aromatic rings. The zero-order chi connectivity index (χ0) is 14.0. The lowest BCUT2D eigenvalue weighted by atomic mass is 10.1. The maximum Gasteiger partial charge on any atom is 0.273 e. The van der Waals surface area contributed by atoms with Gasteiger partial charge in [0.05, 0.1) is 5.52 Å². The molecule has 0 unspecified atom stereocenters. The molecule has 5 nitrogen and oxygen atoms in total. The van der Waals surface area contributed by atoms with Crippen LogP contribution in [0.1, 0.15) is 29.9 Å². The number of nitrogens with two attached hydrogens (primary N) is 1. The summed E-state index contributed by atoms with van der Waals surface area (Å²) in [7, 11) is 0. The van der Waals surface area contributed by atoms with Gasteiger partial charge in [0.1, 0.15) is 5.69 Å². The second kappa shape index (κ2) is 5.22. The Hall–Kier alpha value is -2.17. The van der Waals surface area contributed by atoms with Gasteiger partial charge in [-0.25, -0.2) is 9.97 Å². The van der Waals surface area contributed by atoms with Crippen LogP contribution >= 0.6 is 0 Å². The van der Waals surface area contributed by atoms with E-state index in [2.05, 4.69) is 9.97 Å². The highest BCUT2D eigenvalue weighted by atomic mass is 16.2. The van der Waals surface area contributed by atoms with Gasteiger partial charge in [0.25, 0.3) is 5.91 Å². The summed E-state index contributed by atoms with van der Waals surface area (Å²) in [4.78, 5) is 22.5. The molecule has 1 aromatic heterocycles. The summed E-state index contributed by atoms with van der Waals surface area (Å²) in [6.07, 6.45) is 0. The molecule has 2 rings (SSSR count). The average Bonchev–Trinajstić information content (AvgIpc) is 2.39.